The molecule has 0 saturated heterocycles. The maximum atomic E-state index is 11.9. The largest absolute Gasteiger partial charge is 0.460 e. The Balaban J connectivity index is 2.38. The number of rotatable bonds is 5. The van der Waals surface area contributed by atoms with Crippen molar-refractivity contribution in [2.75, 3.05) is 6.61 Å². The molecule has 2 aromatic heterocycles. The lowest BCUT2D eigenvalue weighted by molar-refractivity contribution is 0.0489. The van der Waals surface area contributed by atoms with Crippen LogP contribution in [0, 0.1) is 12.8 Å². The predicted octanol–water partition coefficient (Wildman–Crippen LogP) is 3.48. The van der Waals surface area contributed by atoms with Crippen LogP contribution in [0.1, 0.15) is 42.0 Å². The van der Waals surface area contributed by atoms with Gasteiger partial charge in [-0.1, -0.05) is 13.8 Å². The minimum Gasteiger partial charge on any atom is -0.460 e. The van der Waals surface area contributed by atoms with Crippen molar-refractivity contribution >= 4 is 17.3 Å². The van der Waals surface area contributed by atoms with Gasteiger partial charge in [-0.05, 0) is 26.2 Å². The number of thiazole rings is 1. The second-order valence-electron chi connectivity index (χ2n) is 4.87. The molecule has 0 bridgehead atoms. The van der Waals surface area contributed by atoms with Crippen molar-refractivity contribution in [1.82, 2.24) is 9.97 Å². The first kappa shape index (κ1) is 14.7. The van der Waals surface area contributed by atoms with Crippen LogP contribution in [0.5, 0.6) is 0 Å². The Kier molecular flexibility index (Phi) is 4.54. The molecule has 2 aromatic rings. The van der Waals surface area contributed by atoms with Crippen molar-refractivity contribution in [3.63, 3.8) is 0 Å². The molecule has 0 radical (unpaired) electrons. The van der Waals surface area contributed by atoms with E-state index in [9.17, 15) is 4.79 Å². The normalized spacial score (nSPS) is 11.1. The second-order valence-corrected chi connectivity index (χ2v) is 5.93. The highest BCUT2D eigenvalue weighted by atomic mass is 32.1. The van der Waals surface area contributed by atoms with E-state index in [4.69, 9.17) is 9.15 Å². The lowest BCUT2D eigenvalue weighted by Crippen LogP contribution is -2.08. The quantitative estimate of drug-likeness (QED) is 0.790. The fourth-order valence-electron chi connectivity index (χ4n) is 1.80. The van der Waals surface area contributed by atoms with E-state index in [0.717, 1.165) is 5.01 Å². The SMILES string of the molecule is CCOC(=O)c1oc(-c2csc(C)n2)nc1CC(C)C. The number of hydrogen-bond donors (Lipinski definition) is 0. The maximum absolute atomic E-state index is 11.9. The Bertz CT molecular complexity index is 601. The van der Waals surface area contributed by atoms with Crippen LogP contribution in [-0.2, 0) is 11.2 Å². The van der Waals surface area contributed by atoms with E-state index in [1.165, 1.54) is 11.3 Å². The number of oxazole rings is 1. The third kappa shape index (κ3) is 3.25. The topological polar surface area (TPSA) is 65.2 Å². The van der Waals surface area contributed by atoms with Gasteiger partial charge in [0.05, 0.1) is 17.3 Å². The highest BCUT2D eigenvalue weighted by molar-refractivity contribution is 7.09. The molecule has 0 aliphatic rings. The molecule has 108 valence electrons. The second kappa shape index (κ2) is 6.17. The monoisotopic (exact) mass is 294 g/mol. The molecule has 0 saturated carbocycles. The summed E-state index contributed by atoms with van der Waals surface area (Å²) in [5.41, 5.74) is 1.30. The maximum Gasteiger partial charge on any atom is 0.376 e. The summed E-state index contributed by atoms with van der Waals surface area (Å²) in [6.07, 6.45) is 0.667. The first-order chi connectivity index (χ1) is 9.51. The van der Waals surface area contributed by atoms with Gasteiger partial charge in [-0.25, -0.2) is 14.8 Å². The van der Waals surface area contributed by atoms with Crippen molar-refractivity contribution < 1.29 is 13.9 Å². The van der Waals surface area contributed by atoms with E-state index in [-0.39, 0.29) is 5.76 Å². The zero-order valence-corrected chi connectivity index (χ0v) is 12.9. The molecule has 2 rings (SSSR count). The molecular weight excluding hydrogens is 276 g/mol. The van der Waals surface area contributed by atoms with Gasteiger partial charge in [0.15, 0.2) is 0 Å². The Morgan fingerprint density at radius 3 is 2.75 bits per heavy atom. The molecule has 20 heavy (non-hydrogen) atoms. The Morgan fingerprint density at radius 2 is 2.20 bits per heavy atom. The van der Waals surface area contributed by atoms with Gasteiger partial charge in [0.2, 0.25) is 11.7 Å². The van der Waals surface area contributed by atoms with Crippen molar-refractivity contribution in [3.8, 4) is 11.6 Å². The Morgan fingerprint density at radius 1 is 1.45 bits per heavy atom. The number of ether oxygens (including phenoxy) is 1. The summed E-state index contributed by atoms with van der Waals surface area (Å²) in [5, 5.41) is 2.80. The standard InChI is InChI=1S/C14H18N2O3S/c1-5-18-14(17)12-10(6-8(2)3)16-13(19-12)11-7-20-9(4)15-11/h7-8H,5-6H2,1-4H3. The molecular formula is C14H18N2O3S. The highest BCUT2D eigenvalue weighted by Gasteiger charge is 2.23. The molecule has 0 aliphatic heterocycles. The fourth-order valence-corrected chi connectivity index (χ4v) is 2.39. The van der Waals surface area contributed by atoms with Gasteiger partial charge in [0.1, 0.15) is 5.69 Å². The van der Waals surface area contributed by atoms with E-state index in [2.05, 4.69) is 23.8 Å². The zero-order chi connectivity index (χ0) is 14.7. The third-order valence-electron chi connectivity index (χ3n) is 2.60. The summed E-state index contributed by atoms with van der Waals surface area (Å²) in [5.74, 6) is 0.487. The van der Waals surface area contributed by atoms with Gasteiger partial charge >= 0.3 is 5.97 Å². The molecule has 0 unspecified atom stereocenters. The highest BCUT2D eigenvalue weighted by Crippen LogP contribution is 2.25. The van der Waals surface area contributed by atoms with Crippen LogP contribution < -0.4 is 0 Å². The van der Waals surface area contributed by atoms with Gasteiger partial charge in [0.25, 0.3) is 0 Å². The van der Waals surface area contributed by atoms with Crippen LogP contribution in [0.25, 0.3) is 11.6 Å². The smallest absolute Gasteiger partial charge is 0.376 e. The van der Waals surface area contributed by atoms with Crippen LogP contribution in [-0.4, -0.2) is 22.5 Å². The molecule has 0 atom stereocenters. The molecule has 0 spiro atoms. The summed E-state index contributed by atoms with van der Waals surface area (Å²) in [6.45, 7) is 8.12. The average molecular weight is 294 g/mol. The van der Waals surface area contributed by atoms with E-state index >= 15 is 0 Å². The van der Waals surface area contributed by atoms with E-state index < -0.39 is 5.97 Å². The van der Waals surface area contributed by atoms with Crippen molar-refractivity contribution in [2.24, 2.45) is 5.92 Å². The molecule has 2 heterocycles. The minimum absolute atomic E-state index is 0.196. The molecule has 6 heteroatoms. The predicted molar refractivity (Wildman–Crippen MR) is 76.8 cm³/mol. The summed E-state index contributed by atoms with van der Waals surface area (Å²) in [4.78, 5) is 20.7. The minimum atomic E-state index is -0.464. The molecule has 5 nitrogen and oxygen atoms in total. The molecule has 0 aliphatic carbocycles. The summed E-state index contributed by atoms with van der Waals surface area (Å²) in [6, 6.07) is 0. The Hall–Kier alpha value is -1.69. The number of aromatic nitrogens is 2. The van der Waals surface area contributed by atoms with Crippen molar-refractivity contribution in [2.45, 2.75) is 34.1 Å². The average Bonchev–Trinajstić information content (AvgIpc) is 2.95. The van der Waals surface area contributed by atoms with Gasteiger partial charge in [-0.15, -0.1) is 11.3 Å². The molecule has 0 aromatic carbocycles. The first-order valence-electron chi connectivity index (χ1n) is 6.60. The lowest BCUT2D eigenvalue weighted by Gasteiger charge is -2.02. The number of carbonyl (C=O) groups is 1. The fraction of sp³-hybridized carbons (Fsp3) is 0.500. The van der Waals surface area contributed by atoms with Gasteiger partial charge in [-0.3, -0.25) is 0 Å². The summed E-state index contributed by atoms with van der Waals surface area (Å²) < 4.78 is 10.6. The van der Waals surface area contributed by atoms with Gasteiger partial charge in [0, 0.05) is 5.38 Å². The first-order valence-corrected chi connectivity index (χ1v) is 7.48. The third-order valence-corrected chi connectivity index (χ3v) is 3.37. The van der Waals surface area contributed by atoms with Gasteiger partial charge < -0.3 is 9.15 Å². The molecule has 0 N–H and O–H groups in total. The Labute approximate surface area is 122 Å². The van der Waals surface area contributed by atoms with Crippen LogP contribution in [0.4, 0.5) is 0 Å². The van der Waals surface area contributed by atoms with Crippen LogP contribution in [0.15, 0.2) is 9.80 Å². The molecule has 0 fully saturated rings. The number of esters is 1. The number of hydrogen-bond acceptors (Lipinski definition) is 6. The lowest BCUT2D eigenvalue weighted by atomic mass is 10.1. The van der Waals surface area contributed by atoms with E-state index in [0.29, 0.717) is 36.2 Å². The number of carbonyl (C=O) groups excluding carboxylic acids is 1. The van der Waals surface area contributed by atoms with Crippen LogP contribution >= 0.6 is 11.3 Å². The zero-order valence-electron chi connectivity index (χ0n) is 12.1. The van der Waals surface area contributed by atoms with Crippen LogP contribution in [0.2, 0.25) is 0 Å². The van der Waals surface area contributed by atoms with Gasteiger partial charge in [-0.2, -0.15) is 0 Å². The molecule has 0 amide bonds. The van der Waals surface area contributed by atoms with Crippen molar-refractivity contribution in [1.29, 1.82) is 0 Å². The number of aryl methyl sites for hydroxylation is 1. The summed E-state index contributed by atoms with van der Waals surface area (Å²) in [7, 11) is 0. The van der Waals surface area contributed by atoms with E-state index in [1.807, 2.05) is 12.3 Å². The van der Waals surface area contributed by atoms with Crippen LogP contribution in [0.3, 0.4) is 0 Å². The van der Waals surface area contributed by atoms with E-state index in [1.54, 1.807) is 6.92 Å². The van der Waals surface area contributed by atoms with Crippen molar-refractivity contribution in [3.05, 3.63) is 21.8 Å². The summed E-state index contributed by atoms with van der Waals surface area (Å²) >= 11 is 1.52. The number of nitrogens with zero attached hydrogens (tertiary/aromatic N) is 2.